The highest BCUT2D eigenvalue weighted by atomic mass is 16.1. The predicted octanol–water partition coefficient (Wildman–Crippen LogP) is 1.21. The molecule has 1 aliphatic rings. The van der Waals surface area contributed by atoms with Gasteiger partial charge in [0.05, 0.1) is 0 Å². The Bertz CT molecular complexity index is 294. The maximum Gasteiger partial charge on any atom is 0.132 e. The lowest BCUT2D eigenvalue weighted by Crippen LogP contribution is -2.08. The zero-order valence-corrected chi connectivity index (χ0v) is 7.68. The minimum Gasteiger partial charge on any atom is -0.317 e. The van der Waals surface area contributed by atoms with Crippen LogP contribution in [0.5, 0.6) is 0 Å². The number of aromatic nitrogens is 3. The fourth-order valence-corrected chi connectivity index (χ4v) is 1.99. The van der Waals surface area contributed by atoms with Crippen molar-refractivity contribution in [1.29, 1.82) is 0 Å². The molecule has 70 valence electrons. The van der Waals surface area contributed by atoms with Crippen LogP contribution in [0.4, 0.5) is 0 Å². The first kappa shape index (κ1) is 8.41. The highest BCUT2D eigenvalue weighted by Crippen LogP contribution is 2.34. The van der Waals surface area contributed by atoms with E-state index in [0.717, 1.165) is 19.3 Å². The summed E-state index contributed by atoms with van der Waals surface area (Å²) in [6, 6.07) is 0.434. The third kappa shape index (κ3) is 1.61. The van der Waals surface area contributed by atoms with E-state index >= 15 is 0 Å². The van der Waals surface area contributed by atoms with Crippen molar-refractivity contribution in [1.82, 2.24) is 14.8 Å². The average molecular weight is 179 g/mol. The van der Waals surface area contributed by atoms with E-state index in [9.17, 15) is 4.79 Å². The first-order valence-corrected chi connectivity index (χ1v) is 4.62. The molecule has 2 rings (SSSR count). The van der Waals surface area contributed by atoms with Gasteiger partial charge in [0, 0.05) is 12.0 Å². The summed E-state index contributed by atoms with van der Waals surface area (Å²) in [7, 11) is 0. The molecule has 0 N–H and O–H groups in total. The Morgan fingerprint density at radius 2 is 2.08 bits per heavy atom. The lowest BCUT2D eigenvalue weighted by Gasteiger charge is -2.09. The number of rotatable bonds is 2. The second kappa shape index (κ2) is 3.28. The lowest BCUT2D eigenvalue weighted by molar-refractivity contribution is -0.120. The summed E-state index contributed by atoms with van der Waals surface area (Å²) in [5, 5.41) is 7.53. The van der Waals surface area contributed by atoms with Gasteiger partial charge < -0.3 is 4.57 Å². The van der Waals surface area contributed by atoms with Crippen LogP contribution < -0.4 is 0 Å². The van der Waals surface area contributed by atoms with Gasteiger partial charge in [0.25, 0.3) is 0 Å². The van der Waals surface area contributed by atoms with Gasteiger partial charge in [-0.3, -0.25) is 4.79 Å². The fourth-order valence-electron chi connectivity index (χ4n) is 1.99. The Hall–Kier alpha value is -1.19. The predicted molar refractivity (Wildman–Crippen MR) is 47.1 cm³/mol. The van der Waals surface area contributed by atoms with Crippen LogP contribution in [0.3, 0.4) is 0 Å². The van der Waals surface area contributed by atoms with E-state index in [2.05, 4.69) is 10.2 Å². The maximum atomic E-state index is 11.1. The van der Waals surface area contributed by atoms with Gasteiger partial charge in [-0.1, -0.05) is 0 Å². The number of nitrogens with zero attached hydrogens (tertiary/aromatic N) is 3. The quantitative estimate of drug-likeness (QED) is 0.685. The zero-order chi connectivity index (χ0) is 9.26. The standard InChI is InChI=1S/C9H13N3O/c1-7(13)8-2-3-9(4-8)12-5-10-11-6-12/h5-6,8-9H,2-4H2,1H3/t8-,9+/m1/s1. The Kier molecular flexibility index (Phi) is 2.12. The maximum absolute atomic E-state index is 11.1. The summed E-state index contributed by atoms with van der Waals surface area (Å²) >= 11 is 0. The van der Waals surface area contributed by atoms with Crippen LogP contribution in [0.15, 0.2) is 12.7 Å². The minimum atomic E-state index is 0.257. The normalized spacial score (nSPS) is 27.8. The monoisotopic (exact) mass is 179 g/mol. The van der Waals surface area contributed by atoms with E-state index in [4.69, 9.17) is 0 Å². The smallest absolute Gasteiger partial charge is 0.132 e. The van der Waals surface area contributed by atoms with Crippen molar-refractivity contribution in [2.24, 2.45) is 5.92 Å². The molecule has 2 atom stereocenters. The van der Waals surface area contributed by atoms with Gasteiger partial charge in [-0.15, -0.1) is 10.2 Å². The van der Waals surface area contributed by atoms with Crippen molar-refractivity contribution in [2.45, 2.75) is 32.2 Å². The molecule has 4 nitrogen and oxygen atoms in total. The highest BCUT2D eigenvalue weighted by Gasteiger charge is 2.28. The minimum absolute atomic E-state index is 0.257. The summed E-state index contributed by atoms with van der Waals surface area (Å²) in [6.07, 6.45) is 6.49. The van der Waals surface area contributed by atoms with Crippen molar-refractivity contribution < 1.29 is 4.79 Å². The van der Waals surface area contributed by atoms with Crippen LogP contribution in [0, 0.1) is 5.92 Å². The summed E-state index contributed by atoms with van der Waals surface area (Å²) in [4.78, 5) is 11.1. The van der Waals surface area contributed by atoms with Gasteiger partial charge in [0.1, 0.15) is 18.4 Å². The summed E-state index contributed by atoms with van der Waals surface area (Å²) in [5.41, 5.74) is 0. The van der Waals surface area contributed by atoms with Crippen LogP contribution in [-0.2, 0) is 4.79 Å². The highest BCUT2D eigenvalue weighted by molar-refractivity contribution is 5.78. The first-order valence-electron chi connectivity index (χ1n) is 4.62. The van der Waals surface area contributed by atoms with E-state index in [-0.39, 0.29) is 5.92 Å². The third-order valence-corrected chi connectivity index (χ3v) is 2.84. The molecular formula is C9H13N3O. The molecule has 1 fully saturated rings. The SMILES string of the molecule is CC(=O)[C@@H]1CC[C@H](n2cnnc2)C1. The average Bonchev–Trinajstić information content (AvgIpc) is 2.75. The Morgan fingerprint density at radius 1 is 1.38 bits per heavy atom. The summed E-state index contributed by atoms with van der Waals surface area (Å²) in [6.45, 7) is 1.68. The van der Waals surface area contributed by atoms with Gasteiger partial charge >= 0.3 is 0 Å². The van der Waals surface area contributed by atoms with Gasteiger partial charge in [-0.25, -0.2) is 0 Å². The molecule has 0 saturated heterocycles. The molecule has 0 spiro atoms. The number of hydrogen-bond donors (Lipinski definition) is 0. The largest absolute Gasteiger partial charge is 0.317 e. The van der Waals surface area contributed by atoms with E-state index in [1.54, 1.807) is 19.6 Å². The molecule has 4 heteroatoms. The van der Waals surface area contributed by atoms with Gasteiger partial charge in [-0.2, -0.15) is 0 Å². The summed E-state index contributed by atoms with van der Waals surface area (Å²) < 4.78 is 2.00. The van der Waals surface area contributed by atoms with Crippen molar-refractivity contribution in [3.63, 3.8) is 0 Å². The molecule has 0 bridgehead atoms. The van der Waals surface area contributed by atoms with Crippen LogP contribution in [0.1, 0.15) is 32.2 Å². The lowest BCUT2D eigenvalue weighted by atomic mass is 10.0. The van der Waals surface area contributed by atoms with E-state index < -0.39 is 0 Å². The van der Waals surface area contributed by atoms with Crippen molar-refractivity contribution >= 4 is 5.78 Å². The van der Waals surface area contributed by atoms with Crippen LogP contribution in [0.25, 0.3) is 0 Å². The fraction of sp³-hybridized carbons (Fsp3) is 0.667. The molecule has 0 aliphatic heterocycles. The molecule has 0 unspecified atom stereocenters. The third-order valence-electron chi connectivity index (χ3n) is 2.84. The Balaban J connectivity index is 2.03. The molecule has 13 heavy (non-hydrogen) atoms. The topological polar surface area (TPSA) is 47.8 Å². The molecule has 0 aromatic carbocycles. The zero-order valence-electron chi connectivity index (χ0n) is 7.68. The Labute approximate surface area is 77.0 Å². The van der Waals surface area contributed by atoms with Crippen LogP contribution >= 0.6 is 0 Å². The van der Waals surface area contributed by atoms with Crippen molar-refractivity contribution in [3.8, 4) is 0 Å². The van der Waals surface area contributed by atoms with Crippen molar-refractivity contribution in [3.05, 3.63) is 12.7 Å². The number of Topliss-reactive ketones (excluding diaryl/α,β-unsaturated/α-hetero) is 1. The molecule has 0 amide bonds. The van der Waals surface area contributed by atoms with Gasteiger partial charge in [0.15, 0.2) is 0 Å². The number of hydrogen-bond acceptors (Lipinski definition) is 3. The van der Waals surface area contributed by atoms with Crippen LogP contribution in [0.2, 0.25) is 0 Å². The molecule has 0 radical (unpaired) electrons. The summed E-state index contributed by atoms with van der Waals surface area (Å²) in [5.74, 6) is 0.572. The van der Waals surface area contributed by atoms with Gasteiger partial charge in [-0.05, 0) is 26.2 Å². The second-order valence-corrected chi connectivity index (χ2v) is 3.68. The molecule has 1 saturated carbocycles. The molecule has 1 aromatic rings. The second-order valence-electron chi connectivity index (χ2n) is 3.68. The van der Waals surface area contributed by atoms with Gasteiger partial charge in [0.2, 0.25) is 0 Å². The molecular weight excluding hydrogens is 166 g/mol. The molecule has 1 heterocycles. The Morgan fingerprint density at radius 3 is 2.62 bits per heavy atom. The van der Waals surface area contributed by atoms with E-state index in [1.165, 1.54) is 0 Å². The van der Waals surface area contributed by atoms with Crippen molar-refractivity contribution in [2.75, 3.05) is 0 Å². The molecule has 1 aliphatic carbocycles. The van der Waals surface area contributed by atoms with E-state index in [1.807, 2.05) is 4.57 Å². The number of carbonyl (C=O) groups excluding carboxylic acids is 1. The number of carbonyl (C=O) groups is 1. The number of ketones is 1. The molecule has 1 aromatic heterocycles. The first-order chi connectivity index (χ1) is 6.27. The van der Waals surface area contributed by atoms with Crippen LogP contribution in [-0.4, -0.2) is 20.5 Å². The van der Waals surface area contributed by atoms with E-state index in [0.29, 0.717) is 11.8 Å².